The largest absolute Gasteiger partial charge is 0.462 e. The molecule has 0 aliphatic heterocycles. The molecule has 0 bridgehead atoms. The Hall–Kier alpha value is -1.95. The van der Waals surface area contributed by atoms with Crippen molar-refractivity contribution < 1.29 is 19.1 Å². The van der Waals surface area contributed by atoms with Gasteiger partial charge in [0.05, 0.1) is 29.2 Å². The molecule has 0 saturated heterocycles. The van der Waals surface area contributed by atoms with Crippen LogP contribution in [0.3, 0.4) is 0 Å². The highest BCUT2D eigenvalue weighted by Crippen LogP contribution is 2.28. The predicted octanol–water partition coefficient (Wildman–Crippen LogP) is 2.58. The summed E-state index contributed by atoms with van der Waals surface area (Å²) >= 11 is 4.31. The first-order chi connectivity index (χ1) is 9.61. The molecule has 20 heavy (non-hydrogen) atoms. The van der Waals surface area contributed by atoms with Gasteiger partial charge in [0.25, 0.3) is 0 Å². The summed E-state index contributed by atoms with van der Waals surface area (Å²) in [6, 6.07) is 5.27. The molecule has 0 aliphatic rings. The quantitative estimate of drug-likeness (QED) is 0.695. The van der Waals surface area contributed by atoms with Crippen LogP contribution >= 0.6 is 12.6 Å². The Labute approximate surface area is 121 Å². The van der Waals surface area contributed by atoms with E-state index in [-0.39, 0.29) is 29.4 Å². The van der Waals surface area contributed by atoms with E-state index in [1.807, 2.05) is 0 Å². The van der Waals surface area contributed by atoms with E-state index < -0.39 is 11.9 Å². The number of fused-ring (bicyclic) bond motifs is 1. The van der Waals surface area contributed by atoms with Gasteiger partial charge in [0.15, 0.2) is 0 Å². The van der Waals surface area contributed by atoms with E-state index in [2.05, 4.69) is 12.6 Å². The van der Waals surface area contributed by atoms with Gasteiger partial charge in [-0.25, -0.2) is 9.59 Å². The van der Waals surface area contributed by atoms with Gasteiger partial charge in [-0.1, -0.05) is 6.07 Å². The van der Waals surface area contributed by atoms with Crippen molar-refractivity contribution in [3.63, 3.8) is 0 Å². The van der Waals surface area contributed by atoms with Gasteiger partial charge in [-0.2, -0.15) is 0 Å². The third-order valence-electron chi connectivity index (χ3n) is 2.77. The van der Waals surface area contributed by atoms with Crippen LogP contribution in [-0.2, 0) is 9.47 Å². The summed E-state index contributed by atoms with van der Waals surface area (Å²) in [5, 5.41) is 0. The lowest BCUT2D eigenvalue weighted by Crippen LogP contribution is -2.09. The second-order valence-corrected chi connectivity index (χ2v) is 4.42. The molecule has 0 aromatic carbocycles. The monoisotopic (exact) mass is 293 g/mol. The molecule has 2 aromatic heterocycles. The van der Waals surface area contributed by atoms with Crippen LogP contribution in [-0.4, -0.2) is 29.6 Å². The van der Waals surface area contributed by atoms with Crippen LogP contribution in [0.4, 0.5) is 0 Å². The molecule has 0 amide bonds. The molecule has 2 rings (SSSR count). The van der Waals surface area contributed by atoms with Crippen molar-refractivity contribution in [3.8, 4) is 0 Å². The summed E-state index contributed by atoms with van der Waals surface area (Å²) in [5.74, 6) is -1.02. The summed E-state index contributed by atoms with van der Waals surface area (Å²) in [5.41, 5.74) is 1.08. The first-order valence-corrected chi connectivity index (χ1v) is 6.72. The Morgan fingerprint density at radius 2 is 1.80 bits per heavy atom. The number of rotatable bonds is 4. The lowest BCUT2D eigenvalue weighted by molar-refractivity contribution is 0.0514. The van der Waals surface area contributed by atoms with Crippen molar-refractivity contribution >= 4 is 30.1 Å². The van der Waals surface area contributed by atoms with Crippen molar-refractivity contribution in [2.75, 3.05) is 13.2 Å². The zero-order chi connectivity index (χ0) is 14.7. The molecule has 5 nitrogen and oxygen atoms in total. The number of pyridine rings is 1. The van der Waals surface area contributed by atoms with E-state index in [1.165, 1.54) is 0 Å². The van der Waals surface area contributed by atoms with E-state index in [0.717, 1.165) is 0 Å². The van der Waals surface area contributed by atoms with Crippen LogP contribution in [0.15, 0.2) is 29.3 Å². The maximum Gasteiger partial charge on any atom is 0.356 e. The number of esters is 2. The van der Waals surface area contributed by atoms with E-state index in [1.54, 1.807) is 42.6 Å². The van der Waals surface area contributed by atoms with E-state index in [4.69, 9.17) is 9.47 Å². The number of aromatic nitrogens is 1. The van der Waals surface area contributed by atoms with Crippen molar-refractivity contribution in [1.29, 1.82) is 0 Å². The third-order valence-corrected chi connectivity index (χ3v) is 3.20. The lowest BCUT2D eigenvalue weighted by Gasteiger charge is -2.03. The molecule has 0 saturated carbocycles. The van der Waals surface area contributed by atoms with Gasteiger partial charge >= 0.3 is 11.9 Å². The molecule has 0 spiro atoms. The normalized spacial score (nSPS) is 10.6. The first-order valence-electron chi connectivity index (χ1n) is 6.28. The summed E-state index contributed by atoms with van der Waals surface area (Å²) < 4.78 is 11.6. The number of carbonyl (C=O) groups is 2. The van der Waals surface area contributed by atoms with Crippen molar-refractivity contribution in [2.24, 2.45) is 0 Å². The summed E-state index contributed by atoms with van der Waals surface area (Å²) in [6.45, 7) is 3.95. The Morgan fingerprint density at radius 3 is 2.45 bits per heavy atom. The fraction of sp³-hybridized carbons (Fsp3) is 0.286. The van der Waals surface area contributed by atoms with Crippen LogP contribution in [0.25, 0.3) is 5.52 Å². The maximum atomic E-state index is 12.0. The minimum Gasteiger partial charge on any atom is -0.462 e. The minimum atomic E-state index is -0.519. The topological polar surface area (TPSA) is 57.0 Å². The van der Waals surface area contributed by atoms with Crippen molar-refractivity contribution in [1.82, 2.24) is 4.40 Å². The fourth-order valence-corrected chi connectivity index (χ4v) is 2.40. The molecular formula is C14H15NO4S. The zero-order valence-electron chi connectivity index (χ0n) is 11.3. The van der Waals surface area contributed by atoms with Crippen molar-refractivity contribution in [2.45, 2.75) is 18.7 Å². The molecule has 0 N–H and O–H groups in total. The number of ether oxygens (including phenoxy) is 2. The van der Waals surface area contributed by atoms with Crippen LogP contribution in [0.1, 0.15) is 34.7 Å². The van der Waals surface area contributed by atoms with Gasteiger partial charge in [-0.3, -0.25) is 0 Å². The molecular weight excluding hydrogens is 278 g/mol. The summed E-state index contributed by atoms with van der Waals surface area (Å²) in [7, 11) is 0. The highest BCUT2D eigenvalue weighted by atomic mass is 32.1. The van der Waals surface area contributed by atoms with Gasteiger partial charge in [0, 0.05) is 6.20 Å². The van der Waals surface area contributed by atoms with E-state index in [9.17, 15) is 9.59 Å². The highest BCUT2D eigenvalue weighted by Gasteiger charge is 2.26. The second kappa shape index (κ2) is 6.00. The molecule has 0 atom stereocenters. The molecule has 0 aliphatic carbocycles. The lowest BCUT2D eigenvalue weighted by atomic mass is 10.2. The Morgan fingerprint density at radius 1 is 1.15 bits per heavy atom. The van der Waals surface area contributed by atoms with Crippen LogP contribution in [0.2, 0.25) is 0 Å². The molecule has 6 heteroatoms. The predicted molar refractivity (Wildman–Crippen MR) is 76.6 cm³/mol. The standard InChI is InChI=1S/C14H15NO4S/c1-3-18-13(16)10-9-7-5-6-8-15(9)11(12(10)20)14(17)19-4-2/h5-8,20H,3-4H2,1-2H3. The van der Waals surface area contributed by atoms with Crippen LogP contribution < -0.4 is 0 Å². The van der Waals surface area contributed by atoms with Gasteiger partial charge in [-0.05, 0) is 26.0 Å². The van der Waals surface area contributed by atoms with Gasteiger partial charge in [-0.15, -0.1) is 12.6 Å². The molecule has 0 fully saturated rings. The Bertz CT molecular complexity index is 607. The number of thiol groups is 1. The average Bonchev–Trinajstić information content (AvgIpc) is 2.71. The highest BCUT2D eigenvalue weighted by molar-refractivity contribution is 7.80. The molecule has 2 aromatic rings. The number of nitrogens with zero attached hydrogens (tertiary/aromatic N) is 1. The second-order valence-electron chi connectivity index (χ2n) is 3.97. The van der Waals surface area contributed by atoms with Crippen LogP contribution in [0.5, 0.6) is 0 Å². The van der Waals surface area contributed by atoms with Crippen LogP contribution in [0, 0.1) is 0 Å². The summed E-state index contributed by atoms with van der Waals surface area (Å²) in [4.78, 5) is 24.3. The first kappa shape index (κ1) is 14.5. The average molecular weight is 293 g/mol. The smallest absolute Gasteiger partial charge is 0.356 e. The summed E-state index contributed by atoms with van der Waals surface area (Å²) in [6.07, 6.45) is 1.68. The van der Waals surface area contributed by atoms with Gasteiger partial charge in [0.1, 0.15) is 5.69 Å². The Kier molecular flexibility index (Phi) is 4.34. The maximum absolute atomic E-state index is 12.0. The Balaban J connectivity index is 2.67. The van der Waals surface area contributed by atoms with E-state index in [0.29, 0.717) is 5.52 Å². The molecule has 0 unspecified atom stereocenters. The number of hydrogen-bond acceptors (Lipinski definition) is 5. The number of hydrogen-bond donors (Lipinski definition) is 1. The van der Waals surface area contributed by atoms with Gasteiger partial charge in [0.2, 0.25) is 0 Å². The molecule has 106 valence electrons. The van der Waals surface area contributed by atoms with Crippen molar-refractivity contribution in [3.05, 3.63) is 35.7 Å². The molecule has 0 radical (unpaired) electrons. The third kappa shape index (κ3) is 2.38. The van der Waals surface area contributed by atoms with E-state index >= 15 is 0 Å². The fourth-order valence-electron chi connectivity index (χ4n) is 1.99. The SMILES string of the molecule is CCOC(=O)c1c(S)c(C(=O)OCC)n2ccccc12. The number of carbonyl (C=O) groups excluding carboxylic acids is 2. The minimum absolute atomic E-state index is 0.230. The van der Waals surface area contributed by atoms with Gasteiger partial charge < -0.3 is 13.9 Å². The molecule has 2 heterocycles. The zero-order valence-corrected chi connectivity index (χ0v) is 12.1.